The first-order chi connectivity index (χ1) is 8.50. The normalized spacial score (nSPS) is 13.2. The Morgan fingerprint density at radius 1 is 1.33 bits per heavy atom. The Balaban J connectivity index is 2.63. The Hall–Kier alpha value is -2.08. The third kappa shape index (κ3) is 1.26. The van der Waals surface area contributed by atoms with Gasteiger partial charge in [0.1, 0.15) is 11.2 Å². The largest absolute Gasteiger partial charge is 0.477 e. The maximum absolute atomic E-state index is 12.0. The average molecular weight is 267 g/mol. The van der Waals surface area contributed by atoms with Crippen molar-refractivity contribution in [2.75, 3.05) is 0 Å². The summed E-state index contributed by atoms with van der Waals surface area (Å²) in [6.45, 7) is 0.863. The lowest BCUT2D eigenvalue weighted by molar-refractivity contribution is 0.0695. The van der Waals surface area contributed by atoms with Gasteiger partial charge < -0.3 is 9.67 Å². The summed E-state index contributed by atoms with van der Waals surface area (Å²) in [5, 5.41) is 9.07. The summed E-state index contributed by atoms with van der Waals surface area (Å²) in [5.74, 6) is -1.30. The van der Waals surface area contributed by atoms with Crippen LogP contribution in [0.25, 0.3) is 11.0 Å². The predicted octanol–water partition coefficient (Wildman–Crippen LogP) is 0.528. The molecule has 0 amide bonds. The number of carboxylic acid groups (broad SMARTS) is 1. The molecule has 0 aromatic carbocycles. The molecule has 0 fully saturated rings. The van der Waals surface area contributed by atoms with E-state index in [1.807, 2.05) is 0 Å². The van der Waals surface area contributed by atoms with Crippen molar-refractivity contribution in [3.05, 3.63) is 43.4 Å². The summed E-state index contributed by atoms with van der Waals surface area (Å²) in [4.78, 5) is 34.7. The van der Waals surface area contributed by atoms with Crippen LogP contribution in [0.3, 0.4) is 0 Å². The Kier molecular flexibility index (Phi) is 2.12. The number of pyridine rings is 2. The fourth-order valence-electron chi connectivity index (χ4n) is 2.27. The fourth-order valence-corrected chi connectivity index (χ4v) is 2.53. The molecule has 0 aliphatic carbocycles. The zero-order chi connectivity index (χ0) is 13.0. The highest BCUT2D eigenvalue weighted by molar-refractivity contribution is 6.35. The van der Waals surface area contributed by atoms with E-state index in [1.54, 1.807) is 4.57 Å². The minimum Gasteiger partial charge on any atom is -0.477 e. The van der Waals surface area contributed by atoms with Gasteiger partial charge in [-0.2, -0.15) is 0 Å². The quantitative estimate of drug-likeness (QED) is 0.816. The molecular formula is C11H7ClN2O4. The highest BCUT2D eigenvalue weighted by Crippen LogP contribution is 2.22. The zero-order valence-electron chi connectivity index (χ0n) is 9.01. The van der Waals surface area contributed by atoms with E-state index in [2.05, 4.69) is 0 Å². The summed E-state index contributed by atoms with van der Waals surface area (Å²) < 4.78 is 3.00. The van der Waals surface area contributed by atoms with Gasteiger partial charge in [-0.15, -0.1) is 0 Å². The number of nitrogens with zero attached hydrogens (tertiary/aromatic N) is 2. The summed E-state index contributed by atoms with van der Waals surface area (Å²) in [7, 11) is 0. The van der Waals surface area contributed by atoms with Crippen molar-refractivity contribution in [1.29, 1.82) is 0 Å². The summed E-state index contributed by atoms with van der Waals surface area (Å²) in [6, 6.07) is 1.15. The summed E-state index contributed by atoms with van der Waals surface area (Å²) in [6.07, 6.45) is 1.26. The number of carbonyl (C=O) groups is 1. The standard InChI is InChI=1S/C11H7ClN2O4/c12-6-3-7(15)14-2-1-13-4-5(11(17)18)9(16)8(6)10(13)14/h3-4H,1-2H2,(H,17,18). The summed E-state index contributed by atoms with van der Waals surface area (Å²) >= 11 is 5.90. The molecule has 1 N–H and O–H groups in total. The van der Waals surface area contributed by atoms with Crippen LogP contribution in [0.15, 0.2) is 21.9 Å². The second kappa shape index (κ2) is 3.46. The molecule has 0 spiro atoms. The molecule has 0 unspecified atom stereocenters. The minimum atomic E-state index is -1.30. The number of rotatable bonds is 1. The van der Waals surface area contributed by atoms with Crippen LogP contribution in [0.5, 0.6) is 0 Å². The van der Waals surface area contributed by atoms with Gasteiger partial charge in [0.25, 0.3) is 5.56 Å². The average Bonchev–Trinajstić information content (AvgIpc) is 2.70. The van der Waals surface area contributed by atoms with E-state index < -0.39 is 11.4 Å². The van der Waals surface area contributed by atoms with Gasteiger partial charge in [0.2, 0.25) is 5.43 Å². The van der Waals surface area contributed by atoms with Gasteiger partial charge in [-0.25, -0.2) is 4.79 Å². The van der Waals surface area contributed by atoms with Crippen molar-refractivity contribution < 1.29 is 9.90 Å². The molecule has 1 aliphatic heterocycles. The Bertz CT molecular complexity index is 818. The van der Waals surface area contributed by atoms with Gasteiger partial charge in [0.15, 0.2) is 0 Å². The maximum Gasteiger partial charge on any atom is 0.341 e. The van der Waals surface area contributed by atoms with E-state index in [9.17, 15) is 14.4 Å². The van der Waals surface area contributed by atoms with Crippen LogP contribution >= 0.6 is 11.6 Å². The van der Waals surface area contributed by atoms with Crippen molar-refractivity contribution in [1.82, 2.24) is 9.13 Å². The lowest BCUT2D eigenvalue weighted by Crippen LogP contribution is -2.22. The topological polar surface area (TPSA) is 81.3 Å². The third-order valence-corrected chi connectivity index (χ3v) is 3.36. The van der Waals surface area contributed by atoms with Crippen molar-refractivity contribution in [3.63, 3.8) is 0 Å². The molecule has 3 heterocycles. The van der Waals surface area contributed by atoms with E-state index in [0.717, 1.165) is 6.07 Å². The van der Waals surface area contributed by atoms with E-state index in [0.29, 0.717) is 18.7 Å². The lowest BCUT2D eigenvalue weighted by Gasteiger charge is -2.07. The first-order valence-electron chi connectivity index (χ1n) is 5.20. The van der Waals surface area contributed by atoms with Crippen molar-refractivity contribution >= 4 is 28.6 Å². The fraction of sp³-hybridized carbons (Fsp3) is 0.182. The van der Waals surface area contributed by atoms with E-state index >= 15 is 0 Å². The van der Waals surface area contributed by atoms with Gasteiger partial charge in [-0.3, -0.25) is 14.2 Å². The number of halogens is 1. The van der Waals surface area contributed by atoms with E-state index in [-0.39, 0.29) is 21.5 Å². The minimum absolute atomic E-state index is 0.00463. The molecule has 1 aliphatic rings. The molecule has 0 radical (unpaired) electrons. The van der Waals surface area contributed by atoms with Crippen LogP contribution < -0.4 is 11.0 Å². The predicted molar refractivity (Wildman–Crippen MR) is 64.4 cm³/mol. The third-order valence-electron chi connectivity index (χ3n) is 3.06. The van der Waals surface area contributed by atoms with Crippen LogP contribution in [0.4, 0.5) is 0 Å². The molecule has 3 rings (SSSR count). The van der Waals surface area contributed by atoms with Gasteiger partial charge in [0, 0.05) is 25.4 Å². The molecule has 92 valence electrons. The van der Waals surface area contributed by atoms with Crippen molar-refractivity contribution in [3.8, 4) is 0 Å². The number of carboxylic acids is 1. The zero-order valence-corrected chi connectivity index (χ0v) is 9.77. The highest BCUT2D eigenvalue weighted by Gasteiger charge is 2.23. The molecule has 2 aromatic heterocycles. The number of hydrogen-bond acceptors (Lipinski definition) is 3. The van der Waals surface area contributed by atoms with E-state index in [4.69, 9.17) is 16.7 Å². The second-order valence-corrected chi connectivity index (χ2v) is 4.46. The lowest BCUT2D eigenvalue weighted by atomic mass is 10.2. The number of aromatic nitrogens is 2. The van der Waals surface area contributed by atoms with Crippen LogP contribution in [0.1, 0.15) is 10.4 Å². The SMILES string of the molecule is O=C(O)c1cn2c3c(c(Cl)cc(=O)n3CC2)c1=O. The van der Waals surface area contributed by atoms with Crippen LogP contribution in [-0.4, -0.2) is 20.2 Å². The van der Waals surface area contributed by atoms with Crippen LogP contribution in [0.2, 0.25) is 5.02 Å². The van der Waals surface area contributed by atoms with Gasteiger partial charge in [0.05, 0.1) is 10.4 Å². The molecule has 0 saturated carbocycles. The Morgan fingerprint density at radius 3 is 2.72 bits per heavy atom. The molecular weight excluding hydrogens is 260 g/mol. The van der Waals surface area contributed by atoms with Crippen molar-refractivity contribution in [2.45, 2.75) is 13.1 Å². The molecule has 18 heavy (non-hydrogen) atoms. The number of hydrogen-bond donors (Lipinski definition) is 1. The molecule has 0 saturated heterocycles. The van der Waals surface area contributed by atoms with Gasteiger partial charge in [-0.1, -0.05) is 11.6 Å². The number of aromatic carboxylic acids is 1. The van der Waals surface area contributed by atoms with Crippen molar-refractivity contribution in [2.24, 2.45) is 0 Å². The maximum atomic E-state index is 12.0. The first-order valence-corrected chi connectivity index (χ1v) is 5.58. The molecule has 2 aromatic rings. The smallest absolute Gasteiger partial charge is 0.341 e. The number of aryl methyl sites for hydroxylation is 2. The first kappa shape index (κ1) is 11.0. The highest BCUT2D eigenvalue weighted by atomic mass is 35.5. The molecule has 0 bridgehead atoms. The van der Waals surface area contributed by atoms with Crippen LogP contribution in [-0.2, 0) is 13.1 Å². The van der Waals surface area contributed by atoms with Gasteiger partial charge >= 0.3 is 5.97 Å². The van der Waals surface area contributed by atoms with E-state index in [1.165, 1.54) is 10.8 Å². The molecule has 6 nitrogen and oxygen atoms in total. The monoisotopic (exact) mass is 266 g/mol. The Morgan fingerprint density at radius 2 is 2.06 bits per heavy atom. The Labute approximate surface area is 105 Å². The summed E-state index contributed by atoms with van der Waals surface area (Å²) in [5.41, 5.74) is -0.894. The molecule has 7 heteroatoms. The molecule has 0 atom stereocenters. The van der Waals surface area contributed by atoms with Crippen LogP contribution in [0, 0.1) is 0 Å². The van der Waals surface area contributed by atoms with Gasteiger partial charge in [-0.05, 0) is 0 Å². The second-order valence-electron chi connectivity index (χ2n) is 4.05.